The van der Waals surface area contributed by atoms with Crippen molar-refractivity contribution in [3.63, 3.8) is 0 Å². The Balaban J connectivity index is 1.61. The number of rotatable bonds is 5. The summed E-state index contributed by atoms with van der Waals surface area (Å²) in [6, 6.07) is 8.47. The second kappa shape index (κ2) is 8.55. The maximum absolute atomic E-state index is 13.9. The van der Waals surface area contributed by atoms with E-state index in [9.17, 15) is 31.5 Å². The molecule has 0 unspecified atom stereocenters. The van der Waals surface area contributed by atoms with Crippen LogP contribution in [-0.2, 0) is 23.3 Å². The smallest absolute Gasteiger partial charge is 0.251 e. The number of carbonyl (C=O) groups excluding carboxylic acids is 2. The van der Waals surface area contributed by atoms with Gasteiger partial charge in [0.05, 0.1) is 12.0 Å². The van der Waals surface area contributed by atoms with Crippen molar-refractivity contribution < 1.29 is 31.5 Å². The van der Waals surface area contributed by atoms with Crippen molar-refractivity contribution >= 4 is 17.5 Å². The highest BCUT2D eigenvalue weighted by molar-refractivity contribution is 6.08. The van der Waals surface area contributed by atoms with Crippen LogP contribution in [0.2, 0.25) is 0 Å². The van der Waals surface area contributed by atoms with Crippen LogP contribution >= 0.6 is 0 Å². The van der Waals surface area contributed by atoms with Crippen LogP contribution in [0.25, 0.3) is 0 Å². The molecule has 0 spiro atoms. The summed E-state index contributed by atoms with van der Waals surface area (Å²) in [4.78, 5) is 27.1. The molecule has 34 heavy (non-hydrogen) atoms. The van der Waals surface area contributed by atoms with Gasteiger partial charge in [-0.25, -0.2) is 22.0 Å². The Bertz CT molecular complexity index is 1280. The van der Waals surface area contributed by atoms with Gasteiger partial charge in [0.1, 0.15) is 29.1 Å². The van der Waals surface area contributed by atoms with E-state index in [1.807, 2.05) is 0 Å². The molecule has 0 aromatic heterocycles. The fourth-order valence-electron chi connectivity index (χ4n) is 4.04. The zero-order chi connectivity index (χ0) is 24.8. The predicted molar refractivity (Wildman–Crippen MR) is 115 cm³/mol. The molecule has 1 N–H and O–H groups in total. The minimum Gasteiger partial charge on any atom is -0.348 e. The Kier molecular flexibility index (Phi) is 5.89. The zero-order valence-corrected chi connectivity index (χ0v) is 18.2. The third kappa shape index (κ3) is 4.25. The average molecular weight is 474 g/mol. The summed E-state index contributed by atoms with van der Waals surface area (Å²) in [6.45, 7) is 2.74. The number of nitrogens with one attached hydrogen (secondary N) is 1. The fourth-order valence-corrected chi connectivity index (χ4v) is 4.04. The van der Waals surface area contributed by atoms with Gasteiger partial charge in [0.25, 0.3) is 5.91 Å². The third-order valence-electron chi connectivity index (χ3n) is 5.80. The highest BCUT2D eigenvalue weighted by atomic mass is 19.2. The van der Waals surface area contributed by atoms with Gasteiger partial charge in [0, 0.05) is 41.6 Å². The van der Waals surface area contributed by atoms with Crippen molar-refractivity contribution in [3.8, 4) is 0 Å². The van der Waals surface area contributed by atoms with E-state index in [0.29, 0.717) is 23.4 Å². The van der Waals surface area contributed by atoms with Gasteiger partial charge in [0.15, 0.2) is 0 Å². The van der Waals surface area contributed by atoms with Crippen molar-refractivity contribution in [2.75, 3.05) is 4.90 Å². The van der Waals surface area contributed by atoms with Gasteiger partial charge in [-0.15, -0.1) is 0 Å². The molecule has 3 aromatic rings. The Hall–Kier alpha value is -3.75. The number of hydrogen-bond acceptors (Lipinski definition) is 2. The van der Waals surface area contributed by atoms with Crippen molar-refractivity contribution in [2.24, 2.45) is 0 Å². The highest BCUT2D eigenvalue weighted by Gasteiger charge is 2.44. The van der Waals surface area contributed by atoms with Gasteiger partial charge in [-0.1, -0.05) is 6.07 Å². The van der Waals surface area contributed by atoms with Gasteiger partial charge < -0.3 is 10.2 Å². The molecule has 0 bridgehead atoms. The molecular formula is C25H19F5N2O2. The van der Waals surface area contributed by atoms with Crippen LogP contribution in [0.15, 0.2) is 48.5 Å². The van der Waals surface area contributed by atoms with Crippen LogP contribution < -0.4 is 10.2 Å². The lowest BCUT2D eigenvalue weighted by atomic mass is 9.86. The quantitative estimate of drug-likeness (QED) is 0.521. The number of hydrogen-bond donors (Lipinski definition) is 1. The molecule has 4 rings (SSSR count). The summed E-state index contributed by atoms with van der Waals surface area (Å²) in [5.41, 5.74) is -0.125. The second-order valence-electron chi connectivity index (χ2n) is 8.56. The zero-order valence-electron chi connectivity index (χ0n) is 18.2. The van der Waals surface area contributed by atoms with Gasteiger partial charge in [0.2, 0.25) is 5.91 Å². The minimum absolute atomic E-state index is 0.0996. The summed E-state index contributed by atoms with van der Waals surface area (Å²) in [7, 11) is 0. The lowest BCUT2D eigenvalue weighted by molar-refractivity contribution is -0.122. The molecule has 1 heterocycles. The van der Waals surface area contributed by atoms with Gasteiger partial charge >= 0.3 is 0 Å². The number of amides is 2. The van der Waals surface area contributed by atoms with Crippen molar-refractivity contribution in [2.45, 2.75) is 32.4 Å². The van der Waals surface area contributed by atoms with E-state index in [1.54, 1.807) is 19.9 Å². The summed E-state index contributed by atoms with van der Waals surface area (Å²) < 4.78 is 68.1. The van der Waals surface area contributed by atoms with Crippen LogP contribution in [0, 0.1) is 29.1 Å². The molecular weight excluding hydrogens is 455 g/mol. The molecule has 0 saturated carbocycles. The molecule has 176 valence electrons. The lowest BCUT2D eigenvalue weighted by Crippen LogP contribution is -2.35. The van der Waals surface area contributed by atoms with E-state index in [1.165, 1.54) is 17.0 Å². The summed E-state index contributed by atoms with van der Waals surface area (Å²) in [5.74, 6) is -5.90. The number of anilines is 1. The maximum Gasteiger partial charge on any atom is 0.251 e. The monoisotopic (exact) mass is 474 g/mol. The molecule has 4 nitrogen and oxygen atoms in total. The molecule has 9 heteroatoms. The predicted octanol–water partition coefficient (Wildman–Crippen LogP) is 5.14. The third-order valence-corrected chi connectivity index (χ3v) is 5.80. The van der Waals surface area contributed by atoms with Crippen LogP contribution in [-0.4, -0.2) is 11.8 Å². The fraction of sp³-hybridized carbons (Fsp3) is 0.200. The van der Waals surface area contributed by atoms with E-state index >= 15 is 0 Å². The van der Waals surface area contributed by atoms with Crippen molar-refractivity contribution in [1.29, 1.82) is 0 Å². The lowest BCUT2D eigenvalue weighted by Gasteiger charge is -2.20. The highest BCUT2D eigenvalue weighted by Crippen LogP contribution is 2.42. The average Bonchev–Trinajstić information content (AvgIpc) is 2.92. The summed E-state index contributed by atoms with van der Waals surface area (Å²) >= 11 is 0. The van der Waals surface area contributed by atoms with Crippen LogP contribution in [0.1, 0.15) is 40.9 Å². The topological polar surface area (TPSA) is 49.4 Å². The van der Waals surface area contributed by atoms with Crippen molar-refractivity contribution in [1.82, 2.24) is 5.32 Å². The molecule has 0 saturated heterocycles. The largest absolute Gasteiger partial charge is 0.348 e. The van der Waals surface area contributed by atoms with Gasteiger partial charge in [-0.2, -0.15) is 0 Å². The molecule has 0 radical (unpaired) electrons. The van der Waals surface area contributed by atoms with Crippen LogP contribution in [0.5, 0.6) is 0 Å². The molecule has 2 amide bonds. The molecule has 1 aliphatic rings. The van der Waals surface area contributed by atoms with Gasteiger partial charge in [-0.05, 0) is 49.2 Å². The Morgan fingerprint density at radius 3 is 2.09 bits per heavy atom. The van der Waals surface area contributed by atoms with Crippen LogP contribution in [0.4, 0.5) is 27.6 Å². The molecule has 0 aliphatic carbocycles. The first-order valence-electron chi connectivity index (χ1n) is 10.3. The van der Waals surface area contributed by atoms with E-state index in [-0.39, 0.29) is 23.6 Å². The minimum atomic E-state index is -1.13. The van der Waals surface area contributed by atoms with E-state index in [0.717, 1.165) is 18.2 Å². The molecule has 0 fully saturated rings. The number of benzene rings is 3. The summed E-state index contributed by atoms with van der Waals surface area (Å²) in [5, 5.41) is 2.37. The Morgan fingerprint density at radius 2 is 1.47 bits per heavy atom. The van der Waals surface area contributed by atoms with Gasteiger partial charge in [-0.3, -0.25) is 9.59 Å². The van der Waals surface area contributed by atoms with Crippen LogP contribution in [0.3, 0.4) is 0 Å². The first kappa shape index (κ1) is 23.4. The maximum atomic E-state index is 13.9. The summed E-state index contributed by atoms with van der Waals surface area (Å²) in [6.07, 6.45) is 0. The Labute approximate surface area is 192 Å². The standard InChI is InChI=1S/C25H19F5N2O2/c1-25(2)19-4-3-14(23(33)31-11-18-20(29)9-17(28)10-21(18)30)7-22(19)32(24(25)34)12-13-5-15(26)8-16(27)6-13/h3-10H,11-12H2,1-2H3,(H,31,33). The Morgan fingerprint density at radius 1 is 0.882 bits per heavy atom. The number of halogens is 5. The normalized spacial score (nSPS) is 14.3. The molecule has 1 aliphatic heterocycles. The SMILES string of the molecule is CC1(C)C(=O)N(Cc2cc(F)cc(F)c2)c2cc(C(=O)NCc3c(F)cc(F)cc3F)ccc21. The molecule has 3 aromatic carbocycles. The molecule has 0 atom stereocenters. The number of fused-ring (bicyclic) bond motifs is 1. The van der Waals surface area contributed by atoms with E-state index in [2.05, 4.69) is 5.32 Å². The van der Waals surface area contributed by atoms with E-state index in [4.69, 9.17) is 0 Å². The second-order valence-corrected chi connectivity index (χ2v) is 8.56. The first-order chi connectivity index (χ1) is 16.0. The van der Waals surface area contributed by atoms with Crippen molar-refractivity contribution in [3.05, 3.63) is 99.9 Å². The van der Waals surface area contributed by atoms with E-state index < -0.39 is 52.5 Å². The number of nitrogens with zero attached hydrogens (tertiary/aromatic N) is 1. The first-order valence-corrected chi connectivity index (χ1v) is 10.3. The number of carbonyl (C=O) groups is 2.